The highest BCUT2D eigenvalue weighted by molar-refractivity contribution is 6.31. The summed E-state index contributed by atoms with van der Waals surface area (Å²) in [5.41, 5.74) is 1.60. The number of Topliss-reactive ketones (excluding diaryl/α,β-unsaturated/α-hetero) is 1. The van der Waals surface area contributed by atoms with Crippen molar-refractivity contribution in [2.45, 2.75) is 79.5 Å². The standard InChI is InChI=1S/C27H33ClN4O4.C2H6/c1-16-13-20-22(17(2)33)25(31-12-8-10-19(15-31)30-26(35)36-27(3,4)5)32(23(20)24(34)29-16)14-18-9-6-7-11-21(18)28;1-2/h6-7,9,11,13,19H,8,10,12,14-15H2,1-5H3,(H,29,34)(H,30,35);1-2H3/t19-;/m1./s1. The third kappa shape index (κ3) is 6.59. The van der Waals surface area contributed by atoms with Crippen LogP contribution in [0.2, 0.25) is 5.02 Å². The van der Waals surface area contributed by atoms with Crippen LogP contribution in [0.5, 0.6) is 0 Å². The first kappa shape index (κ1) is 29.3. The van der Waals surface area contributed by atoms with Gasteiger partial charge in [-0.05, 0) is 65.2 Å². The van der Waals surface area contributed by atoms with Crippen molar-refractivity contribution < 1.29 is 14.3 Å². The van der Waals surface area contributed by atoms with Gasteiger partial charge in [0.05, 0.1) is 12.1 Å². The summed E-state index contributed by atoms with van der Waals surface area (Å²) in [5, 5.41) is 4.17. The number of ether oxygens (including phenoxy) is 1. The summed E-state index contributed by atoms with van der Waals surface area (Å²) in [5.74, 6) is 0.546. The van der Waals surface area contributed by atoms with Gasteiger partial charge in [0.2, 0.25) is 0 Å². The molecule has 1 aliphatic rings. The molecule has 8 nitrogen and oxygen atoms in total. The quantitative estimate of drug-likeness (QED) is 0.382. The number of rotatable bonds is 5. The second-order valence-electron chi connectivity index (χ2n) is 10.4. The van der Waals surface area contributed by atoms with Gasteiger partial charge in [-0.3, -0.25) is 9.59 Å². The van der Waals surface area contributed by atoms with Gasteiger partial charge in [0.25, 0.3) is 5.56 Å². The average molecular weight is 543 g/mol. The van der Waals surface area contributed by atoms with Crippen molar-refractivity contribution in [3.63, 3.8) is 0 Å². The number of carbonyl (C=O) groups is 2. The van der Waals surface area contributed by atoms with E-state index in [1.165, 1.54) is 6.92 Å². The number of aryl methyl sites for hydroxylation is 1. The van der Waals surface area contributed by atoms with Gasteiger partial charge in [0.1, 0.15) is 16.9 Å². The highest BCUT2D eigenvalue weighted by Gasteiger charge is 2.31. The molecular weight excluding hydrogens is 504 g/mol. The number of benzene rings is 1. The summed E-state index contributed by atoms with van der Waals surface area (Å²) >= 11 is 6.49. The van der Waals surface area contributed by atoms with Crippen molar-refractivity contribution in [1.82, 2.24) is 14.9 Å². The van der Waals surface area contributed by atoms with Crippen LogP contribution in [0.3, 0.4) is 0 Å². The van der Waals surface area contributed by atoms with Gasteiger partial charge in [-0.1, -0.05) is 43.6 Å². The molecule has 38 heavy (non-hydrogen) atoms. The van der Waals surface area contributed by atoms with E-state index in [2.05, 4.69) is 15.2 Å². The van der Waals surface area contributed by atoms with Crippen LogP contribution in [0.15, 0.2) is 35.1 Å². The summed E-state index contributed by atoms with van der Waals surface area (Å²) in [6.07, 6.45) is 1.13. The first-order valence-electron chi connectivity index (χ1n) is 13.2. The number of piperidine rings is 1. The summed E-state index contributed by atoms with van der Waals surface area (Å²) in [6.45, 7) is 14.3. The summed E-state index contributed by atoms with van der Waals surface area (Å²) < 4.78 is 7.34. The number of nitrogens with one attached hydrogen (secondary N) is 2. The van der Waals surface area contributed by atoms with E-state index in [0.29, 0.717) is 52.6 Å². The fraction of sp³-hybridized carbons (Fsp3) is 0.483. The Balaban J connectivity index is 0.00000195. The number of alkyl carbamates (subject to hydrolysis) is 1. The number of hydrogen-bond acceptors (Lipinski definition) is 5. The molecule has 0 radical (unpaired) electrons. The number of hydrogen-bond donors (Lipinski definition) is 2. The lowest BCUT2D eigenvalue weighted by Gasteiger charge is -2.36. The van der Waals surface area contributed by atoms with Crippen LogP contribution in [0, 0.1) is 6.92 Å². The number of aromatic amines is 1. The van der Waals surface area contributed by atoms with Gasteiger partial charge in [0, 0.05) is 35.2 Å². The highest BCUT2D eigenvalue weighted by Crippen LogP contribution is 2.35. The number of pyridine rings is 1. The predicted molar refractivity (Wildman–Crippen MR) is 154 cm³/mol. The molecule has 4 rings (SSSR count). The van der Waals surface area contributed by atoms with Crippen molar-refractivity contribution in [1.29, 1.82) is 0 Å². The molecule has 2 N–H and O–H groups in total. The number of ketones is 1. The molecular formula is C29H39ClN4O4. The molecule has 206 valence electrons. The number of anilines is 1. The number of carbonyl (C=O) groups excluding carboxylic acids is 2. The van der Waals surface area contributed by atoms with Crippen LogP contribution in [0.25, 0.3) is 10.9 Å². The van der Waals surface area contributed by atoms with Crippen molar-refractivity contribution >= 4 is 40.2 Å². The van der Waals surface area contributed by atoms with Gasteiger partial charge in [0.15, 0.2) is 5.78 Å². The third-order valence-corrected chi connectivity index (χ3v) is 6.61. The predicted octanol–water partition coefficient (Wildman–Crippen LogP) is 6.06. The maximum atomic E-state index is 13.2. The lowest BCUT2D eigenvalue weighted by molar-refractivity contribution is 0.0499. The molecule has 1 aliphatic heterocycles. The van der Waals surface area contributed by atoms with Crippen LogP contribution < -0.4 is 15.8 Å². The van der Waals surface area contributed by atoms with E-state index < -0.39 is 11.7 Å². The number of aromatic nitrogens is 2. The van der Waals surface area contributed by atoms with Crippen LogP contribution >= 0.6 is 11.6 Å². The Morgan fingerprint density at radius 2 is 1.89 bits per heavy atom. The lowest BCUT2D eigenvalue weighted by Crippen LogP contribution is -2.49. The smallest absolute Gasteiger partial charge is 0.407 e. The molecule has 0 unspecified atom stereocenters. The minimum Gasteiger partial charge on any atom is -0.444 e. The summed E-state index contributed by atoms with van der Waals surface area (Å²) in [6, 6.07) is 9.16. The molecule has 0 bridgehead atoms. The molecule has 0 aliphatic carbocycles. The largest absolute Gasteiger partial charge is 0.444 e. The Morgan fingerprint density at radius 1 is 1.21 bits per heavy atom. The SMILES string of the molecule is CC.CC(=O)c1c(N2CCC[C@@H](NC(=O)OC(C)(C)C)C2)n(Cc2ccccc2Cl)c2c(=O)[nH]c(C)cc12. The van der Waals surface area contributed by atoms with E-state index in [4.69, 9.17) is 16.3 Å². The Hall–Kier alpha value is -3.26. The van der Waals surface area contributed by atoms with E-state index in [-0.39, 0.29) is 17.4 Å². The molecule has 3 heterocycles. The molecule has 0 saturated carbocycles. The van der Waals surface area contributed by atoms with E-state index in [1.807, 2.05) is 69.5 Å². The minimum atomic E-state index is -0.597. The molecule has 1 fully saturated rings. The van der Waals surface area contributed by atoms with E-state index in [9.17, 15) is 14.4 Å². The average Bonchev–Trinajstić information content (AvgIpc) is 3.15. The zero-order chi connectivity index (χ0) is 28.2. The lowest BCUT2D eigenvalue weighted by atomic mass is 10.0. The van der Waals surface area contributed by atoms with E-state index in [1.54, 1.807) is 6.92 Å². The molecule has 1 aromatic carbocycles. The van der Waals surface area contributed by atoms with Crippen LogP contribution in [-0.2, 0) is 11.3 Å². The molecule has 1 atom stereocenters. The van der Waals surface area contributed by atoms with Gasteiger partial charge in [-0.15, -0.1) is 0 Å². The third-order valence-electron chi connectivity index (χ3n) is 6.24. The molecule has 1 saturated heterocycles. The monoisotopic (exact) mass is 542 g/mol. The number of nitrogens with zero attached hydrogens (tertiary/aromatic N) is 2. The molecule has 2 aromatic heterocycles. The van der Waals surface area contributed by atoms with Gasteiger partial charge in [-0.2, -0.15) is 0 Å². The first-order valence-corrected chi connectivity index (χ1v) is 13.6. The second kappa shape index (κ2) is 12.1. The molecule has 3 aromatic rings. The van der Waals surface area contributed by atoms with E-state index in [0.717, 1.165) is 18.4 Å². The topological polar surface area (TPSA) is 96.4 Å². The van der Waals surface area contributed by atoms with Gasteiger partial charge >= 0.3 is 6.09 Å². The Morgan fingerprint density at radius 3 is 2.53 bits per heavy atom. The zero-order valence-electron chi connectivity index (χ0n) is 23.4. The number of H-pyrrole nitrogens is 1. The Kier molecular flexibility index (Phi) is 9.31. The fourth-order valence-electron chi connectivity index (χ4n) is 4.89. The van der Waals surface area contributed by atoms with Crippen molar-refractivity contribution in [3.05, 3.63) is 62.5 Å². The maximum absolute atomic E-state index is 13.2. The molecule has 1 amide bonds. The number of halogens is 1. The Labute approximate surface area is 229 Å². The number of fused-ring (bicyclic) bond motifs is 1. The van der Waals surface area contributed by atoms with Gasteiger partial charge < -0.3 is 24.5 Å². The second-order valence-corrected chi connectivity index (χ2v) is 10.8. The fourth-order valence-corrected chi connectivity index (χ4v) is 5.09. The summed E-state index contributed by atoms with van der Waals surface area (Å²) in [7, 11) is 0. The Bertz CT molecular complexity index is 1370. The summed E-state index contributed by atoms with van der Waals surface area (Å²) in [4.78, 5) is 43.6. The molecule has 9 heteroatoms. The van der Waals surface area contributed by atoms with Crippen molar-refractivity contribution in [2.75, 3.05) is 18.0 Å². The zero-order valence-corrected chi connectivity index (χ0v) is 24.2. The first-order chi connectivity index (χ1) is 17.9. The van der Waals surface area contributed by atoms with Crippen LogP contribution in [0.1, 0.15) is 76.0 Å². The van der Waals surface area contributed by atoms with E-state index >= 15 is 0 Å². The van der Waals surface area contributed by atoms with Crippen molar-refractivity contribution in [3.8, 4) is 0 Å². The van der Waals surface area contributed by atoms with Crippen LogP contribution in [0.4, 0.5) is 10.6 Å². The van der Waals surface area contributed by atoms with Gasteiger partial charge in [-0.25, -0.2) is 4.79 Å². The minimum absolute atomic E-state index is 0.125. The number of amides is 1. The van der Waals surface area contributed by atoms with Crippen molar-refractivity contribution in [2.24, 2.45) is 0 Å². The maximum Gasteiger partial charge on any atom is 0.407 e. The highest BCUT2D eigenvalue weighted by atomic mass is 35.5. The molecule has 0 spiro atoms. The van der Waals surface area contributed by atoms with Crippen LogP contribution in [-0.4, -0.2) is 46.2 Å². The normalized spacial score (nSPS) is 15.6.